The first-order chi connectivity index (χ1) is 24.5. The Bertz CT molecular complexity index is 2480. The van der Waals surface area contributed by atoms with Gasteiger partial charge in [0.25, 0.3) is 0 Å². The summed E-state index contributed by atoms with van der Waals surface area (Å²) < 4.78 is 28.5. The normalized spacial score (nSPS) is 11.6. The lowest BCUT2D eigenvalue weighted by Gasteiger charge is -2.31. The standard InChI is InChI=1S/C46H32F2N2/c1-29-27-41(49(33-11-5-3-6-12-33)35-21-17-31(47)18-22-35)39-25-26-40-42(50(34-13-7-4-8-14-34)36-23-19-32(48)20-24-36)28-30(2)44-38-16-10-9-15-37(38)43(29)45(39)46(40)44/h3-28H,1-2H3. The Kier molecular flexibility index (Phi) is 6.99. The van der Waals surface area contributed by atoms with Gasteiger partial charge >= 0.3 is 0 Å². The second-order valence-electron chi connectivity index (χ2n) is 12.9. The van der Waals surface area contributed by atoms with Crippen LogP contribution in [0.1, 0.15) is 11.1 Å². The van der Waals surface area contributed by atoms with Crippen LogP contribution in [0.5, 0.6) is 0 Å². The molecule has 0 aromatic heterocycles. The third kappa shape index (κ3) is 4.67. The highest BCUT2D eigenvalue weighted by atomic mass is 19.1. The molecular formula is C46H32F2N2. The van der Waals surface area contributed by atoms with Crippen molar-refractivity contribution in [3.05, 3.63) is 180 Å². The Hall–Kier alpha value is -6.26. The van der Waals surface area contributed by atoms with Crippen LogP contribution in [0.2, 0.25) is 0 Å². The molecule has 0 spiro atoms. The number of rotatable bonds is 6. The molecule has 0 fully saturated rings. The van der Waals surface area contributed by atoms with Gasteiger partial charge in [0.2, 0.25) is 0 Å². The van der Waals surface area contributed by atoms with E-state index in [-0.39, 0.29) is 11.6 Å². The zero-order valence-corrected chi connectivity index (χ0v) is 27.7. The molecule has 9 aromatic rings. The second-order valence-corrected chi connectivity index (χ2v) is 12.9. The highest BCUT2D eigenvalue weighted by Crippen LogP contribution is 2.51. The molecule has 0 bridgehead atoms. The lowest BCUT2D eigenvalue weighted by Crippen LogP contribution is -2.12. The summed E-state index contributed by atoms with van der Waals surface area (Å²) >= 11 is 0. The molecule has 0 saturated carbocycles. The molecule has 0 heterocycles. The zero-order chi connectivity index (χ0) is 33.9. The number of hydrogen-bond acceptors (Lipinski definition) is 2. The Morgan fingerprint density at radius 2 is 0.680 bits per heavy atom. The van der Waals surface area contributed by atoms with Crippen LogP contribution in [0.4, 0.5) is 42.9 Å². The summed E-state index contributed by atoms with van der Waals surface area (Å²) in [6, 6.07) is 51.7. The van der Waals surface area contributed by atoms with Crippen LogP contribution in [0.3, 0.4) is 0 Å². The molecule has 2 nitrogen and oxygen atoms in total. The number of fused-ring (bicyclic) bond motifs is 3. The lowest BCUT2D eigenvalue weighted by molar-refractivity contribution is 0.627. The molecule has 0 amide bonds. The van der Waals surface area contributed by atoms with Crippen molar-refractivity contribution in [1.82, 2.24) is 0 Å². The fourth-order valence-corrected chi connectivity index (χ4v) is 7.83. The fraction of sp³-hybridized carbons (Fsp3) is 0.0435. The number of halogens is 2. The Balaban J connectivity index is 1.44. The summed E-state index contributed by atoms with van der Waals surface area (Å²) in [5.41, 5.74) is 8.08. The maximum atomic E-state index is 14.3. The summed E-state index contributed by atoms with van der Waals surface area (Å²) in [6.07, 6.45) is 0. The molecule has 0 atom stereocenters. The smallest absolute Gasteiger partial charge is 0.123 e. The molecule has 0 saturated heterocycles. The maximum Gasteiger partial charge on any atom is 0.123 e. The van der Waals surface area contributed by atoms with Crippen LogP contribution in [0, 0.1) is 25.5 Å². The minimum Gasteiger partial charge on any atom is -0.310 e. The van der Waals surface area contributed by atoms with Crippen molar-refractivity contribution < 1.29 is 8.78 Å². The van der Waals surface area contributed by atoms with Crippen LogP contribution in [0.15, 0.2) is 158 Å². The van der Waals surface area contributed by atoms with E-state index in [9.17, 15) is 8.78 Å². The topological polar surface area (TPSA) is 6.48 Å². The highest BCUT2D eigenvalue weighted by molar-refractivity contribution is 6.37. The minimum absolute atomic E-state index is 0.271. The van der Waals surface area contributed by atoms with Crippen LogP contribution < -0.4 is 9.80 Å². The molecule has 0 radical (unpaired) electrons. The van der Waals surface area contributed by atoms with Crippen LogP contribution in [0.25, 0.3) is 43.1 Å². The van der Waals surface area contributed by atoms with Gasteiger partial charge in [0.1, 0.15) is 11.6 Å². The Labute approximate surface area is 289 Å². The number of aryl methyl sites for hydroxylation is 2. The molecule has 0 aliphatic rings. The number of nitrogens with zero attached hydrogens (tertiary/aromatic N) is 2. The third-order valence-corrected chi connectivity index (χ3v) is 9.90. The van der Waals surface area contributed by atoms with Gasteiger partial charge in [-0.3, -0.25) is 0 Å². The van der Waals surface area contributed by atoms with Crippen molar-refractivity contribution in [1.29, 1.82) is 0 Å². The molecule has 0 aliphatic carbocycles. The predicted molar refractivity (Wildman–Crippen MR) is 206 cm³/mol. The quantitative estimate of drug-likeness (QED) is 0.131. The molecular weight excluding hydrogens is 619 g/mol. The van der Waals surface area contributed by atoms with Gasteiger partial charge in [0.15, 0.2) is 0 Å². The van der Waals surface area contributed by atoms with Gasteiger partial charge in [-0.25, -0.2) is 8.78 Å². The highest BCUT2D eigenvalue weighted by Gasteiger charge is 2.25. The third-order valence-electron chi connectivity index (χ3n) is 9.90. The van der Waals surface area contributed by atoms with Gasteiger partial charge in [-0.2, -0.15) is 0 Å². The summed E-state index contributed by atoms with van der Waals surface area (Å²) in [6.45, 7) is 4.39. The van der Waals surface area contributed by atoms with Gasteiger partial charge in [0.05, 0.1) is 11.4 Å². The first-order valence-corrected chi connectivity index (χ1v) is 16.8. The summed E-state index contributed by atoms with van der Waals surface area (Å²) in [4.78, 5) is 4.45. The molecule has 9 aromatic carbocycles. The predicted octanol–water partition coefficient (Wildman–Crippen LogP) is 13.6. The first kappa shape index (κ1) is 29.8. The van der Waals surface area contributed by atoms with Gasteiger partial charge < -0.3 is 9.80 Å². The van der Waals surface area contributed by atoms with E-state index >= 15 is 0 Å². The van der Waals surface area contributed by atoms with Crippen molar-refractivity contribution >= 4 is 77.2 Å². The molecule has 0 unspecified atom stereocenters. The second kappa shape index (κ2) is 11.7. The summed E-state index contributed by atoms with van der Waals surface area (Å²) in [5, 5.41) is 9.44. The zero-order valence-electron chi connectivity index (χ0n) is 27.7. The van der Waals surface area contributed by atoms with E-state index in [0.29, 0.717) is 0 Å². The summed E-state index contributed by atoms with van der Waals surface area (Å²) in [5.74, 6) is -0.543. The summed E-state index contributed by atoms with van der Waals surface area (Å²) in [7, 11) is 0. The molecule has 9 rings (SSSR count). The Morgan fingerprint density at radius 1 is 0.340 bits per heavy atom. The van der Waals surface area contributed by atoms with Crippen molar-refractivity contribution in [3.63, 3.8) is 0 Å². The number of para-hydroxylation sites is 2. The van der Waals surface area contributed by atoms with Crippen molar-refractivity contribution in [2.24, 2.45) is 0 Å². The number of hydrogen-bond donors (Lipinski definition) is 0. The monoisotopic (exact) mass is 650 g/mol. The van der Waals surface area contributed by atoms with E-state index in [2.05, 4.69) is 96.4 Å². The first-order valence-electron chi connectivity index (χ1n) is 16.8. The van der Waals surface area contributed by atoms with Gasteiger partial charge in [-0.15, -0.1) is 0 Å². The molecule has 240 valence electrons. The average molecular weight is 651 g/mol. The van der Waals surface area contributed by atoms with Crippen molar-refractivity contribution in [3.8, 4) is 0 Å². The van der Waals surface area contributed by atoms with Crippen LogP contribution in [-0.2, 0) is 0 Å². The van der Waals surface area contributed by atoms with Crippen LogP contribution in [-0.4, -0.2) is 0 Å². The van der Waals surface area contributed by atoms with E-state index in [1.165, 1.54) is 56.6 Å². The van der Waals surface area contributed by atoms with Crippen molar-refractivity contribution in [2.45, 2.75) is 13.8 Å². The van der Waals surface area contributed by atoms with E-state index in [1.54, 1.807) is 0 Å². The molecule has 50 heavy (non-hydrogen) atoms. The van der Waals surface area contributed by atoms with Gasteiger partial charge in [0, 0.05) is 44.3 Å². The van der Waals surface area contributed by atoms with E-state index in [1.807, 2.05) is 60.7 Å². The number of anilines is 6. The van der Waals surface area contributed by atoms with Crippen LogP contribution >= 0.6 is 0 Å². The largest absolute Gasteiger partial charge is 0.310 e. The van der Waals surface area contributed by atoms with Crippen molar-refractivity contribution in [2.75, 3.05) is 9.80 Å². The minimum atomic E-state index is -0.271. The Morgan fingerprint density at radius 3 is 1.06 bits per heavy atom. The van der Waals surface area contributed by atoms with Gasteiger partial charge in [-0.05, 0) is 131 Å². The average Bonchev–Trinajstić information content (AvgIpc) is 3.15. The fourth-order valence-electron chi connectivity index (χ4n) is 7.83. The maximum absolute atomic E-state index is 14.3. The van der Waals surface area contributed by atoms with E-state index in [4.69, 9.17) is 0 Å². The van der Waals surface area contributed by atoms with Gasteiger partial charge in [-0.1, -0.05) is 72.8 Å². The molecule has 0 aliphatic heterocycles. The van der Waals surface area contributed by atoms with E-state index in [0.717, 1.165) is 56.0 Å². The molecule has 4 heteroatoms. The lowest BCUT2D eigenvalue weighted by atomic mass is 9.84. The number of benzene rings is 9. The molecule has 0 N–H and O–H groups in total. The SMILES string of the molecule is Cc1cc(N(c2ccccc2)c2ccc(F)cc2)c2ccc3c(N(c4ccccc4)c4ccc(F)cc4)cc(C)c4c5ccccc5c1c2c34. The van der Waals surface area contributed by atoms with E-state index < -0.39 is 0 Å².